The van der Waals surface area contributed by atoms with Crippen LogP contribution in [0.4, 0.5) is 5.13 Å². The number of fused-ring (bicyclic) bond motifs is 5. The van der Waals surface area contributed by atoms with Gasteiger partial charge in [-0.15, -0.1) is 11.3 Å². The number of phenols is 1. The van der Waals surface area contributed by atoms with Crippen LogP contribution in [0, 0.1) is 30.1 Å². The number of phenolic OH excluding ortho intramolecular Hbond substituents is 1. The van der Waals surface area contributed by atoms with Gasteiger partial charge in [0.1, 0.15) is 11.9 Å². The fourth-order valence-corrected chi connectivity index (χ4v) is 9.67. The van der Waals surface area contributed by atoms with E-state index >= 15 is 0 Å². The molecule has 3 unspecified atom stereocenters. The van der Waals surface area contributed by atoms with E-state index in [-0.39, 0.29) is 23.4 Å². The molecule has 0 bridgehead atoms. The highest BCUT2D eigenvalue weighted by Crippen LogP contribution is 2.64. The van der Waals surface area contributed by atoms with E-state index in [0.29, 0.717) is 47.4 Å². The van der Waals surface area contributed by atoms with E-state index in [9.17, 15) is 14.7 Å². The van der Waals surface area contributed by atoms with Gasteiger partial charge in [-0.1, -0.05) is 71.3 Å². The van der Waals surface area contributed by atoms with Crippen molar-refractivity contribution in [2.45, 2.75) is 142 Å². The van der Waals surface area contributed by atoms with Gasteiger partial charge in [-0.2, -0.15) is 0 Å². The summed E-state index contributed by atoms with van der Waals surface area (Å²) in [7, 11) is 0. The maximum absolute atomic E-state index is 13.2. The van der Waals surface area contributed by atoms with Crippen molar-refractivity contribution in [3.63, 3.8) is 0 Å². The quantitative estimate of drug-likeness (QED) is 0.153. The molecule has 2 saturated carbocycles. The Hall–Kier alpha value is -2.41. The molecule has 44 heavy (non-hydrogen) atoms. The first-order valence-corrected chi connectivity index (χ1v) is 18.3. The Morgan fingerprint density at radius 3 is 2.55 bits per heavy atom. The van der Waals surface area contributed by atoms with E-state index in [0.717, 1.165) is 56.2 Å². The third-order valence-corrected chi connectivity index (χ3v) is 12.0. The number of ether oxygens (including phenoxy) is 1. The Bertz CT molecular complexity index is 1260. The number of nitrogens with one attached hydrogen (secondary N) is 1. The van der Waals surface area contributed by atoms with Crippen LogP contribution in [-0.2, 0) is 20.7 Å². The van der Waals surface area contributed by atoms with Gasteiger partial charge < -0.3 is 15.2 Å². The third kappa shape index (κ3) is 7.86. The van der Waals surface area contributed by atoms with Gasteiger partial charge in [-0.3, -0.25) is 9.59 Å². The number of aromatic nitrogens is 1. The summed E-state index contributed by atoms with van der Waals surface area (Å²) in [5, 5.41) is 13.8. The van der Waals surface area contributed by atoms with Crippen molar-refractivity contribution in [1.82, 2.24) is 4.98 Å². The molecular weight excluding hydrogens is 568 g/mol. The molecule has 1 aromatic carbocycles. The average Bonchev–Trinajstić information content (AvgIpc) is 3.53. The first-order chi connectivity index (χ1) is 21.3. The van der Waals surface area contributed by atoms with Crippen LogP contribution in [0.25, 0.3) is 0 Å². The molecule has 2 fully saturated rings. The van der Waals surface area contributed by atoms with Crippen molar-refractivity contribution in [2.75, 3.05) is 5.32 Å². The number of carbonyl (C=O) groups excluding carboxylic acids is 2. The Labute approximate surface area is 268 Å². The summed E-state index contributed by atoms with van der Waals surface area (Å²) in [6, 6.07) is 5.93. The fourth-order valence-electron chi connectivity index (χ4n) is 8.99. The standard InChI is InChI=1S/C37H54N2O4S/c1-4-5-6-7-8-9-10-11-12-13-34(42)43-32-23-27(15-19-33(41)39-36-38-24-25(2)44-36)35-31-17-14-26-22-28(40)16-18-29(26)30(31)20-21-37(32,35)3/h16,18,22,24,27,30-32,35,40H,4-15,17,19-21,23H2,1-3H3,(H,38,39,41)/t27-,30?,31?,32+,35?,37-/m1/s1. The number of benzene rings is 1. The van der Waals surface area contributed by atoms with E-state index in [2.05, 4.69) is 30.2 Å². The predicted molar refractivity (Wildman–Crippen MR) is 178 cm³/mol. The van der Waals surface area contributed by atoms with Gasteiger partial charge in [-0.25, -0.2) is 4.98 Å². The summed E-state index contributed by atoms with van der Waals surface area (Å²) in [5.41, 5.74) is 2.60. The molecule has 242 valence electrons. The Morgan fingerprint density at radius 1 is 1.07 bits per heavy atom. The lowest BCUT2D eigenvalue weighted by Crippen LogP contribution is -2.46. The summed E-state index contributed by atoms with van der Waals surface area (Å²) in [4.78, 5) is 31.5. The Balaban J connectivity index is 1.21. The molecule has 2 N–H and O–H groups in total. The minimum Gasteiger partial charge on any atom is -0.508 e. The molecule has 0 radical (unpaired) electrons. The smallest absolute Gasteiger partial charge is 0.306 e. The van der Waals surface area contributed by atoms with Crippen molar-refractivity contribution < 1.29 is 19.4 Å². The number of rotatable bonds is 15. The minimum atomic E-state index is -0.0876. The second kappa shape index (κ2) is 15.2. The van der Waals surface area contributed by atoms with Gasteiger partial charge >= 0.3 is 5.97 Å². The number of carbonyl (C=O) groups is 2. The number of nitrogens with zero attached hydrogens (tertiary/aromatic N) is 1. The van der Waals surface area contributed by atoms with Gasteiger partial charge in [-0.05, 0) is 98.8 Å². The zero-order chi connectivity index (χ0) is 31.1. The highest BCUT2D eigenvalue weighted by molar-refractivity contribution is 7.15. The van der Waals surface area contributed by atoms with Crippen molar-refractivity contribution >= 4 is 28.3 Å². The predicted octanol–water partition coefficient (Wildman–Crippen LogP) is 9.49. The molecule has 6 atom stereocenters. The van der Waals surface area contributed by atoms with Gasteiger partial charge in [0.05, 0.1) is 0 Å². The summed E-state index contributed by atoms with van der Waals surface area (Å²) < 4.78 is 6.38. The molecule has 3 aliphatic carbocycles. The van der Waals surface area contributed by atoms with Crippen LogP contribution in [-0.4, -0.2) is 28.1 Å². The minimum absolute atomic E-state index is 0.0173. The van der Waals surface area contributed by atoms with Crippen LogP contribution >= 0.6 is 11.3 Å². The SMILES string of the molecule is CCCCCCCCCCCC(=O)O[C@H]1C[C@@H](CCC(=O)Nc2ncc(C)s2)C2C3CCc4cc(O)ccc4C3CC[C@@]21C. The molecule has 3 aliphatic rings. The first-order valence-electron chi connectivity index (χ1n) is 17.5. The topological polar surface area (TPSA) is 88.5 Å². The van der Waals surface area contributed by atoms with Gasteiger partial charge in [0.25, 0.3) is 0 Å². The molecule has 0 aliphatic heterocycles. The Kier molecular flexibility index (Phi) is 11.4. The number of amides is 1. The zero-order valence-electron chi connectivity index (χ0n) is 27.2. The molecule has 7 heteroatoms. The maximum atomic E-state index is 13.2. The van der Waals surface area contributed by atoms with Crippen LogP contribution in [0.1, 0.15) is 139 Å². The number of anilines is 1. The largest absolute Gasteiger partial charge is 0.508 e. The monoisotopic (exact) mass is 622 g/mol. The van der Waals surface area contributed by atoms with Crippen molar-refractivity contribution in [3.8, 4) is 5.75 Å². The lowest BCUT2D eigenvalue weighted by atomic mass is 9.53. The van der Waals surface area contributed by atoms with Crippen molar-refractivity contribution in [1.29, 1.82) is 0 Å². The van der Waals surface area contributed by atoms with Crippen LogP contribution in [0.15, 0.2) is 24.4 Å². The number of unbranched alkanes of at least 4 members (excludes halogenated alkanes) is 8. The third-order valence-electron chi connectivity index (χ3n) is 11.1. The zero-order valence-corrected chi connectivity index (χ0v) is 28.1. The van der Waals surface area contributed by atoms with E-state index in [1.54, 1.807) is 6.20 Å². The summed E-state index contributed by atoms with van der Waals surface area (Å²) >= 11 is 1.50. The second-order valence-corrected chi connectivity index (χ2v) is 15.4. The van der Waals surface area contributed by atoms with Crippen molar-refractivity contribution in [3.05, 3.63) is 40.4 Å². The number of aryl methyl sites for hydroxylation is 2. The van der Waals surface area contributed by atoms with Crippen LogP contribution < -0.4 is 5.32 Å². The number of hydrogen-bond donors (Lipinski definition) is 2. The molecule has 1 amide bonds. The van der Waals surface area contributed by atoms with Crippen LogP contribution in [0.5, 0.6) is 5.75 Å². The van der Waals surface area contributed by atoms with Gasteiger partial charge in [0, 0.05) is 29.3 Å². The average molecular weight is 623 g/mol. The second-order valence-electron chi connectivity index (χ2n) is 14.2. The molecule has 1 heterocycles. The van der Waals surface area contributed by atoms with Gasteiger partial charge in [0.2, 0.25) is 5.91 Å². The number of hydrogen-bond acceptors (Lipinski definition) is 6. The van der Waals surface area contributed by atoms with E-state index in [1.165, 1.54) is 67.4 Å². The fraction of sp³-hybridized carbons (Fsp3) is 0.703. The number of aromatic hydroxyl groups is 1. The number of esters is 1. The molecule has 2 aromatic rings. The maximum Gasteiger partial charge on any atom is 0.306 e. The lowest BCUT2D eigenvalue weighted by molar-refractivity contribution is -0.157. The van der Waals surface area contributed by atoms with E-state index < -0.39 is 0 Å². The van der Waals surface area contributed by atoms with E-state index in [1.807, 2.05) is 19.1 Å². The number of thiazole rings is 1. The van der Waals surface area contributed by atoms with Crippen molar-refractivity contribution in [2.24, 2.45) is 23.2 Å². The molecule has 5 rings (SSSR count). The van der Waals surface area contributed by atoms with E-state index in [4.69, 9.17) is 4.74 Å². The molecule has 1 aromatic heterocycles. The first kappa shape index (κ1) is 33.0. The highest BCUT2D eigenvalue weighted by atomic mass is 32.1. The molecule has 0 saturated heterocycles. The highest BCUT2D eigenvalue weighted by Gasteiger charge is 2.59. The summed E-state index contributed by atoms with van der Waals surface area (Å²) in [6.45, 7) is 6.62. The van der Waals surface area contributed by atoms with Crippen LogP contribution in [0.3, 0.4) is 0 Å². The normalized spacial score (nSPS) is 27.3. The molecular formula is C37H54N2O4S. The molecule has 6 nitrogen and oxygen atoms in total. The summed E-state index contributed by atoms with van der Waals surface area (Å²) in [6.07, 6.45) is 19.6. The summed E-state index contributed by atoms with van der Waals surface area (Å²) in [5.74, 6) is 2.03. The lowest BCUT2D eigenvalue weighted by Gasteiger charge is -2.51. The van der Waals surface area contributed by atoms with Crippen LogP contribution in [0.2, 0.25) is 0 Å². The van der Waals surface area contributed by atoms with Gasteiger partial charge in [0.15, 0.2) is 5.13 Å². The molecule has 0 spiro atoms. The Morgan fingerprint density at radius 2 is 1.82 bits per heavy atom.